The summed E-state index contributed by atoms with van der Waals surface area (Å²) in [6, 6.07) is 2.40. The summed E-state index contributed by atoms with van der Waals surface area (Å²) in [5.74, 6) is 0. The standard InChI is InChI=1S/C16H24N4/c1-10-6-12-13(17)7-16(3,4)8-14(12)20(10)15-9-19(5)18-11(15)2/h6,9,13H,7-8,17H2,1-5H3. The molecule has 0 amide bonds. The molecule has 0 aliphatic heterocycles. The largest absolute Gasteiger partial charge is 0.324 e. The average molecular weight is 272 g/mol. The van der Waals surface area contributed by atoms with Crippen molar-refractivity contribution in [2.45, 2.75) is 46.6 Å². The first-order valence-corrected chi connectivity index (χ1v) is 7.26. The predicted molar refractivity (Wildman–Crippen MR) is 81.0 cm³/mol. The maximum Gasteiger partial charge on any atom is 0.0867 e. The topological polar surface area (TPSA) is 48.8 Å². The molecule has 0 spiro atoms. The fraction of sp³-hybridized carbons (Fsp3) is 0.562. The summed E-state index contributed by atoms with van der Waals surface area (Å²) in [4.78, 5) is 0. The summed E-state index contributed by atoms with van der Waals surface area (Å²) < 4.78 is 4.23. The van der Waals surface area contributed by atoms with Crippen molar-refractivity contribution < 1.29 is 0 Å². The van der Waals surface area contributed by atoms with Gasteiger partial charge in [-0.2, -0.15) is 5.10 Å². The summed E-state index contributed by atoms with van der Waals surface area (Å²) in [5, 5.41) is 4.48. The number of fused-ring (bicyclic) bond motifs is 1. The lowest BCUT2D eigenvalue weighted by Gasteiger charge is -2.34. The molecule has 0 bridgehead atoms. The molecule has 2 aromatic heterocycles. The van der Waals surface area contributed by atoms with E-state index in [2.05, 4.69) is 49.6 Å². The van der Waals surface area contributed by atoms with Gasteiger partial charge in [-0.15, -0.1) is 0 Å². The summed E-state index contributed by atoms with van der Waals surface area (Å²) in [6.45, 7) is 8.83. The van der Waals surface area contributed by atoms with Crippen molar-refractivity contribution in [3.8, 4) is 5.69 Å². The van der Waals surface area contributed by atoms with Crippen LogP contribution < -0.4 is 5.73 Å². The van der Waals surface area contributed by atoms with Crippen LogP contribution in [0.25, 0.3) is 5.69 Å². The number of nitrogens with zero attached hydrogens (tertiary/aromatic N) is 3. The monoisotopic (exact) mass is 272 g/mol. The van der Waals surface area contributed by atoms with Crippen LogP contribution in [0.5, 0.6) is 0 Å². The summed E-state index contributed by atoms with van der Waals surface area (Å²) in [6.07, 6.45) is 4.21. The van der Waals surface area contributed by atoms with E-state index < -0.39 is 0 Å². The summed E-state index contributed by atoms with van der Waals surface area (Å²) in [5.41, 5.74) is 12.8. The molecule has 1 atom stereocenters. The van der Waals surface area contributed by atoms with E-state index in [0.717, 1.165) is 18.5 Å². The van der Waals surface area contributed by atoms with Crippen molar-refractivity contribution >= 4 is 0 Å². The first-order chi connectivity index (χ1) is 9.28. The van der Waals surface area contributed by atoms with E-state index in [0.29, 0.717) is 0 Å². The Hall–Kier alpha value is -1.55. The van der Waals surface area contributed by atoms with Crippen LogP contribution >= 0.6 is 0 Å². The Labute approximate surface area is 120 Å². The minimum Gasteiger partial charge on any atom is -0.324 e. The molecule has 2 heterocycles. The predicted octanol–water partition coefficient (Wildman–Crippen LogP) is 2.80. The Bertz CT molecular complexity index is 660. The van der Waals surface area contributed by atoms with E-state index in [4.69, 9.17) is 5.73 Å². The molecule has 1 aliphatic rings. The number of hydrogen-bond donors (Lipinski definition) is 1. The molecule has 3 rings (SSSR count). The second kappa shape index (κ2) is 4.22. The van der Waals surface area contributed by atoms with E-state index in [1.54, 1.807) is 0 Å². The molecule has 1 unspecified atom stereocenters. The quantitative estimate of drug-likeness (QED) is 0.868. The Morgan fingerprint density at radius 2 is 2.05 bits per heavy atom. The summed E-state index contributed by atoms with van der Waals surface area (Å²) in [7, 11) is 1.97. The van der Waals surface area contributed by atoms with Crippen molar-refractivity contribution in [2.24, 2.45) is 18.2 Å². The van der Waals surface area contributed by atoms with Gasteiger partial charge in [0.25, 0.3) is 0 Å². The van der Waals surface area contributed by atoms with E-state index >= 15 is 0 Å². The minimum atomic E-state index is 0.144. The van der Waals surface area contributed by atoms with Gasteiger partial charge in [0.15, 0.2) is 0 Å². The Kier molecular flexibility index (Phi) is 2.83. The molecule has 20 heavy (non-hydrogen) atoms. The average Bonchev–Trinajstić information content (AvgIpc) is 2.77. The smallest absolute Gasteiger partial charge is 0.0867 e. The van der Waals surface area contributed by atoms with Gasteiger partial charge in [0, 0.05) is 30.7 Å². The van der Waals surface area contributed by atoms with Gasteiger partial charge in [0.1, 0.15) is 0 Å². The molecule has 4 nitrogen and oxygen atoms in total. The molecule has 108 valence electrons. The van der Waals surface area contributed by atoms with Crippen molar-refractivity contribution in [1.29, 1.82) is 0 Å². The zero-order valence-electron chi connectivity index (χ0n) is 13.1. The summed E-state index contributed by atoms with van der Waals surface area (Å²) >= 11 is 0. The van der Waals surface area contributed by atoms with Gasteiger partial charge in [0.2, 0.25) is 0 Å². The maximum atomic E-state index is 6.39. The molecule has 0 fully saturated rings. The first kappa shape index (κ1) is 13.4. The lowest BCUT2D eigenvalue weighted by atomic mass is 9.74. The molecular formula is C16H24N4. The van der Waals surface area contributed by atoms with E-state index in [9.17, 15) is 0 Å². The normalized spacial score (nSPS) is 21.0. The van der Waals surface area contributed by atoms with Crippen molar-refractivity contribution in [3.05, 3.63) is 34.9 Å². The Balaban J connectivity index is 2.21. The van der Waals surface area contributed by atoms with Gasteiger partial charge >= 0.3 is 0 Å². The van der Waals surface area contributed by atoms with Crippen molar-refractivity contribution in [3.63, 3.8) is 0 Å². The van der Waals surface area contributed by atoms with Crippen LogP contribution in [0.1, 0.15) is 49.0 Å². The molecule has 0 saturated carbocycles. The van der Waals surface area contributed by atoms with Crippen molar-refractivity contribution in [2.75, 3.05) is 0 Å². The zero-order chi connectivity index (χ0) is 14.7. The van der Waals surface area contributed by atoms with E-state index in [1.807, 2.05) is 11.7 Å². The van der Waals surface area contributed by atoms with Crippen LogP contribution in [0.3, 0.4) is 0 Å². The lowest BCUT2D eigenvalue weighted by molar-refractivity contribution is 0.278. The van der Waals surface area contributed by atoms with Gasteiger partial charge < -0.3 is 10.3 Å². The van der Waals surface area contributed by atoms with Gasteiger partial charge in [-0.05, 0) is 43.7 Å². The number of hydrogen-bond acceptors (Lipinski definition) is 2. The van der Waals surface area contributed by atoms with Crippen LogP contribution in [-0.2, 0) is 13.5 Å². The second-order valence-electron chi connectivity index (χ2n) is 6.95. The Morgan fingerprint density at radius 1 is 1.35 bits per heavy atom. The Morgan fingerprint density at radius 3 is 2.65 bits per heavy atom. The number of nitrogens with two attached hydrogens (primary N) is 1. The fourth-order valence-electron chi connectivity index (χ4n) is 3.59. The van der Waals surface area contributed by atoms with Gasteiger partial charge in [0.05, 0.1) is 11.4 Å². The third-order valence-electron chi connectivity index (χ3n) is 4.37. The molecule has 1 aliphatic carbocycles. The molecule has 2 aromatic rings. The number of aryl methyl sites for hydroxylation is 3. The van der Waals surface area contributed by atoms with Gasteiger partial charge in [-0.25, -0.2) is 0 Å². The highest BCUT2D eigenvalue weighted by Gasteiger charge is 2.33. The third kappa shape index (κ3) is 1.99. The maximum absolute atomic E-state index is 6.39. The van der Waals surface area contributed by atoms with Crippen LogP contribution in [0, 0.1) is 19.3 Å². The van der Waals surface area contributed by atoms with Gasteiger partial charge in [-0.3, -0.25) is 4.68 Å². The first-order valence-electron chi connectivity index (χ1n) is 7.26. The fourth-order valence-corrected chi connectivity index (χ4v) is 3.59. The number of rotatable bonds is 1. The highest BCUT2D eigenvalue weighted by molar-refractivity contribution is 5.45. The lowest BCUT2D eigenvalue weighted by Crippen LogP contribution is -2.30. The van der Waals surface area contributed by atoms with Crippen LogP contribution in [0.4, 0.5) is 0 Å². The molecule has 2 N–H and O–H groups in total. The SMILES string of the molecule is Cc1nn(C)cc1-n1c(C)cc2c1CC(C)(C)CC2N. The van der Waals surface area contributed by atoms with Crippen LogP contribution in [0.2, 0.25) is 0 Å². The highest BCUT2D eigenvalue weighted by Crippen LogP contribution is 2.42. The highest BCUT2D eigenvalue weighted by atomic mass is 15.3. The van der Waals surface area contributed by atoms with E-state index in [-0.39, 0.29) is 11.5 Å². The molecule has 0 radical (unpaired) electrons. The van der Waals surface area contributed by atoms with Crippen LogP contribution in [-0.4, -0.2) is 14.3 Å². The number of aromatic nitrogens is 3. The van der Waals surface area contributed by atoms with Crippen molar-refractivity contribution in [1.82, 2.24) is 14.3 Å². The third-order valence-corrected chi connectivity index (χ3v) is 4.37. The zero-order valence-corrected chi connectivity index (χ0v) is 13.1. The second-order valence-corrected chi connectivity index (χ2v) is 6.95. The molecule has 0 aromatic carbocycles. The minimum absolute atomic E-state index is 0.144. The molecule has 4 heteroatoms. The van der Waals surface area contributed by atoms with Crippen LogP contribution in [0.15, 0.2) is 12.3 Å². The van der Waals surface area contributed by atoms with E-state index in [1.165, 1.54) is 22.6 Å². The molecule has 0 saturated heterocycles. The molecular weight excluding hydrogens is 248 g/mol. The van der Waals surface area contributed by atoms with Gasteiger partial charge in [-0.1, -0.05) is 13.8 Å².